The van der Waals surface area contributed by atoms with Crippen LogP contribution in [0, 0.1) is 5.41 Å². The van der Waals surface area contributed by atoms with Crippen LogP contribution in [-0.2, 0) is 11.3 Å². The molecule has 37 heavy (non-hydrogen) atoms. The molecule has 1 aromatic heterocycles. The van der Waals surface area contributed by atoms with Gasteiger partial charge in [0.2, 0.25) is 5.91 Å². The van der Waals surface area contributed by atoms with Crippen molar-refractivity contribution in [3.63, 3.8) is 0 Å². The van der Waals surface area contributed by atoms with Crippen molar-refractivity contribution in [2.24, 2.45) is 5.41 Å². The normalized spacial score (nSPS) is 21.5. The molecule has 3 aliphatic rings. The molecule has 1 spiro atoms. The highest BCUT2D eigenvalue weighted by Gasteiger charge is 2.44. The molecule has 3 fully saturated rings. The van der Waals surface area contributed by atoms with Crippen LogP contribution in [0.1, 0.15) is 48.2 Å². The van der Waals surface area contributed by atoms with Crippen molar-refractivity contribution in [3.8, 4) is 5.75 Å². The van der Waals surface area contributed by atoms with Crippen LogP contribution in [0.4, 0.5) is 0 Å². The lowest BCUT2D eigenvalue weighted by Gasteiger charge is -2.42. The van der Waals surface area contributed by atoms with Gasteiger partial charge in [0, 0.05) is 30.5 Å². The van der Waals surface area contributed by atoms with E-state index in [0.29, 0.717) is 24.2 Å². The monoisotopic (exact) mass is 500 g/mol. The molecule has 3 heterocycles. The zero-order valence-corrected chi connectivity index (χ0v) is 21.6. The summed E-state index contributed by atoms with van der Waals surface area (Å²) in [6, 6.07) is 17.7. The van der Waals surface area contributed by atoms with Crippen LogP contribution in [-0.4, -0.2) is 77.4 Å². The molecule has 1 atom stereocenters. The first-order valence-electron chi connectivity index (χ1n) is 13.5. The summed E-state index contributed by atoms with van der Waals surface area (Å²) in [5.41, 5.74) is 3.17. The number of nitrogens with one attached hydrogen (secondary N) is 1. The highest BCUT2D eigenvalue weighted by molar-refractivity contribution is 6.00. The van der Waals surface area contributed by atoms with E-state index in [9.17, 15) is 9.59 Å². The minimum atomic E-state index is -0.124. The SMILES string of the molecule is COc1ccc2[nH]c(C(=O)N3CC(=O)N(Cc4ccccc4)[C@@H](CCN4CCC5(CC4)CC5)C3)cc2c1. The number of benzene rings is 2. The van der Waals surface area contributed by atoms with E-state index >= 15 is 0 Å². The zero-order valence-electron chi connectivity index (χ0n) is 21.6. The van der Waals surface area contributed by atoms with Gasteiger partial charge in [-0.3, -0.25) is 9.59 Å². The highest BCUT2D eigenvalue weighted by Crippen LogP contribution is 2.53. The molecule has 0 radical (unpaired) electrons. The van der Waals surface area contributed by atoms with Crippen LogP contribution in [0.25, 0.3) is 10.9 Å². The van der Waals surface area contributed by atoms with Crippen molar-refractivity contribution in [2.75, 3.05) is 39.8 Å². The molecule has 1 N–H and O–H groups in total. The Morgan fingerprint density at radius 2 is 1.84 bits per heavy atom. The fourth-order valence-electron chi connectivity index (χ4n) is 6.06. The molecule has 0 bridgehead atoms. The Bertz CT molecular complexity index is 1270. The fraction of sp³-hybridized carbons (Fsp3) is 0.467. The molecule has 6 rings (SSSR count). The fourth-order valence-corrected chi connectivity index (χ4v) is 6.06. The summed E-state index contributed by atoms with van der Waals surface area (Å²) in [4.78, 5) is 36.5. The van der Waals surface area contributed by atoms with E-state index in [1.165, 1.54) is 25.7 Å². The Balaban J connectivity index is 1.18. The molecule has 194 valence electrons. The number of rotatable bonds is 7. The molecule has 7 nitrogen and oxygen atoms in total. The van der Waals surface area contributed by atoms with E-state index in [-0.39, 0.29) is 24.4 Å². The van der Waals surface area contributed by atoms with Crippen molar-refractivity contribution in [1.82, 2.24) is 19.7 Å². The predicted octanol–water partition coefficient (Wildman–Crippen LogP) is 4.30. The number of carbonyl (C=O) groups excluding carboxylic acids is 2. The third kappa shape index (κ3) is 5.10. The first-order valence-corrected chi connectivity index (χ1v) is 13.5. The second-order valence-corrected chi connectivity index (χ2v) is 11.1. The molecule has 1 saturated carbocycles. The quantitative estimate of drug-likeness (QED) is 0.525. The number of carbonyl (C=O) groups is 2. The van der Waals surface area contributed by atoms with Gasteiger partial charge in [0.1, 0.15) is 18.0 Å². The second kappa shape index (κ2) is 9.86. The standard InChI is InChI=1S/C30H36N4O3/c1-37-25-7-8-26-23(17-25)18-27(31-26)29(36)33-20-24(9-14-32-15-12-30(10-11-30)13-16-32)34(28(35)21-33)19-22-5-3-2-4-6-22/h2-8,17-18,24,31H,9-16,19-21H2,1H3/t24-/m0/s1. The van der Waals surface area contributed by atoms with Crippen LogP contribution >= 0.6 is 0 Å². The van der Waals surface area contributed by atoms with E-state index in [1.807, 2.05) is 47.4 Å². The molecule has 2 aromatic carbocycles. The van der Waals surface area contributed by atoms with Crippen molar-refractivity contribution in [2.45, 2.75) is 44.7 Å². The first-order chi connectivity index (χ1) is 18.0. The van der Waals surface area contributed by atoms with Gasteiger partial charge in [-0.1, -0.05) is 30.3 Å². The second-order valence-electron chi connectivity index (χ2n) is 11.1. The van der Waals surface area contributed by atoms with E-state index < -0.39 is 0 Å². The van der Waals surface area contributed by atoms with Gasteiger partial charge in [0.05, 0.1) is 13.2 Å². The third-order valence-corrected chi connectivity index (χ3v) is 8.71. The van der Waals surface area contributed by atoms with Crippen LogP contribution in [0.2, 0.25) is 0 Å². The van der Waals surface area contributed by atoms with Gasteiger partial charge in [-0.25, -0.2) is 0 Å². The molecular formula is C30H36N4O3. The van der Waals surface area contributed by atoms with E-state index in [2.05, 4.69) is 22.0 Å². The average Bonchev–Trinajstić information content (AvgIpc) is 3.54. The number of aromatic amines is 1. The van der Waals surface area contributed by atoms with Gasteiger partial charge in [-0.05, 0) is 80.4 Å². The van der Waals surface area contributed by atoms with Crippen LogP contribution in [0.15, 0.2) is 54.6 Å². The Kier molecular flexibility index (Phi) is 6.41. The average molecular weight is 501 g/mol. The molecule has 2 aliphatic heterocycles. The van der Waals surface area contributed by atoms with Crippen molar-refractivity contribution < 1.29 is 14.3 Å². The molecule has 0 unspecified atom stereocenters. The summed E-state index contributed by atoms with van der Waals surface area (Å²) in [6.45, 7) is 4.51. The summed E-state index contributed by atoms with van der Waals surface area (Å²) >= 11 is 0. The molecule has 2 amide bonds. The molecule has 2 saturated heterocycles. The summed E-state index contributed by atoms with van der Waals surface area (Å²) < 4.78 is 5.33. The van der Waals surface area contributed by atoms with Crippen LogP contribution in [0.3, 0.4) is 0 Å². The van der Waals surface area contributed by atoms with E-state index in [1.54, 1.807) is 12.0 Å². The number of methoxy groups -OCH3 is 1. The number of piperazine rings is 1. The smallest absolute Gasteiger partial charge is 0.270 e. The lowest BCUT2D eigenvalue weighted by atomic mass is 9.93. The number of nitrogens with zero attached hydrogens (tertiary/aromatic N) is 3. The summed E-state index contributed by atoms with van der Waals surface area (Å²) in [6.07, 6.45) is 6.29. The number of hydrogen-bond donors (Lipinski definition) is 1. The number of fused-ring (bicyclic) bond motifs is 1. The highest BCUT2D eigenvalue weighted by atomic mass is 16.5. The predicted molar refractivity (Wildman–Crippen MR) is 143 cm³/mol. The Morgan fingerprint density at radius 3 is 2.57 bits per heavy atom. The summed E-state index contributed by atoms with van der Waals surface area (Å²) in [5.74, 6) is 0.643. The number of amides is 2. The Labute approximate surface area is 218 Å². The maximum Gasteiger partial charge on any atom is 0.270 e. The minimum Gasteiger partial charge on any atom is -0.497 e. The maximum absolute atomic E-state index is 13.5. The maximum atomic E-state index is 13.5. The van der Waals surface area contributed by atoms with Crippen LogP contribution < -0.4 is 4.74 Å². The summed E-state index contributed by atoms with van der Waals surface area (Å²) in [5, 5.41) is 0.923. The van der Waals surface area contributed by atoms with Gasteiger partial charge < -0.3 is 24.4 Å². The van der Waals surface area contributed by atoms with Crippen molar-refractivity contribution in [3.05, 3.63) is 65.9 Å². The van der Waals surface area contributed by atoms with Gasteiger partial charge in [0.25, 0.3) is 5.91 Å². The topological polar surface area (TPSA) is 68.9 Å². The molecular weight excluding hydrogens is 464 g/mol. The van der Waals surface area contributed by atoms with E-state index in [4.69, 9.17) is 4.74 Å². The van der Waals surface area contributed by atoms with Gasteiger partial charge >= 0.3 is 0 Å². The van der Waals surface area contributed by atoms with Crippen molar-refractivity contribution in [1.29, 1.82) is 0 Å². The number of H-pyrrole nitrogens is 1. The minimum absolute atomic E-state index is 0.00769. The lowest BCUT2D eigenvalue weighted by molar-refractivity contribution is -0.139. The first kappa shape index (κ1) is 24.0. The van der Waals surface area contributed by atoms with Gasteiger partial charge in [-0.2, -0.15) is 0 Å². The third-order valence-electron chi connectivity index (χ3n) is 8.71. The molecule has 1 aliphatic carbocycles. The largest absolute Gasteiger partial charge is 0.497 e. The Morgan fingerprint density at radius 1 is 1.05 bits per heavy atom. The zero-order chi connectivity index (χ0) is 25.4. The number of hydrogen-bond acceptors (Lipinski definition) is 4. The number of piperidine rings is 1. The summed E-state index contributed by atoms with van der Waals surface area (Å²) in [7, 11) is 1.63. The van der Waals surface area contributed by atoms with Gasteiger partial charge in [-0.15, -0.1) is 0 Å². The Hall–Kier alpha value is -3.32. The van der Waals surface area contributed by atoms with E-state index in [0.717, 1.165) is 48.3 Å². The van der Waals surface area contributed by atoms with Crippen LogP contribution in [0.5, 0.6) is 5.75 Å². The molecule has 7 heteroatoms. The molecule has 3 aromatic rings. The van der Waals surface area contributed by atoms with Gasteiger partial charge in [0.15, 0.2) is 0 Å². The number of aromatic nitrogens is 1. The van der Waals surface area contributed by atoms with Crippen molar-refractivity contribution >= 4 is 22.7 Å². The number of ether oxygens (including phenoxy) is 1. The lowest BCUT2D eigenvalue weighted by Crippen LogP contribution is -2.58. The number of likely N-dealkylation sites (tertiary alicyclic amines) is 1.